The van der Waals surface area contributed by atoms with E-state index in [0.717, 1.165) is 5.56 Å². The van der Waals surface area contributed by atoms with E-state index >= 15 is 0 Å². The molecule has 0 bridgehead atoms. The van der Waals surface area contributed by atoms with Crippen LogP contribution in [0.3, 0.4) is 0 Å². The number of aryl methyl sites for hydroxylation is 2. The molecule has 0 aliphatic heterocycles. The summed E-state index contributed by atoms with van der Waals surface area (Å²) in [5.41, 5.74) is 1.87. The number of ether oxygens (including phenoxy) is 2. The van der Waals surface area contributed by atoms with E-state index < -0.39 is 20.0 Å². The maximum Gasteiger partial charge on any atom is 0.265 e. The normalized spacial score (nSPS) is 11.6. The van der Waals surface area contributed by atoms with Gasteiger partial charge in [-0.25, -0.2) is 16.8 Å². The molecule has 32 heavy (non-hydrogen) atoms. The van der Waals surface area contributed by atoms with Gasteiger partial charge < -0.3 is 9.47 Å². The summed E-state index contributed by atoms with van der Waals surface area (Å²) in [6.07, 6.45) is 0. The van der Waals surface area contributed by atoms with E-state index in [1.54, 1.807) is 31.2 Å². The lowest BCUT2D eigenvalue weighted by atomic mass is 10.2. The molecule has 170 valence electrons. The summed E-state index contributed by atoms with van der Waals surface area (Å²) in [6.45, 7) is 3.49. The van der Waals surface area contributed by atoms with Gasteiger partial charge >= 0.3 is 0 Å². The van der Waals surface area contributed by atoms with E-state index in [1.807, 2.05) is 13.0 Å². The van der Waals surface area contributed by atoms with E-state index in [1.165, 1.54) is 44.6 Å². The Kier molecular flexibility index (Phi) is 6.65. The number of anilines is 2. The molecular formula is C22H24N2O6S2. The highest BCUT2D eigenvalue weighted by Crippen LogP contribution is 2.31. The van der Waals surface area contributed by atoms with Crippen molar-refractivity contribution in [3.63, 3.8) is 0 Å². The minimum atomic E-state index is -4.10. The second kappa shape index (κ2) is 9.09. The quantitative estimate of drug-likeness (QED) is 0.510. The van der Waals surface area contributed by atoms with Gasteiger partial charge in [0.25, 0.3) is 20.0 Å². The number of rotatable bonds is 8. The van der Waals surface area contributed by atoms with Crippen molar-refractivity contribution < 1.29 is 26.3 Å². The van der Waals surface area contributed by atoms with Crippen molar-refractivity contribution in [3.8, 4) is 11.5 Å². The van der Waals surface area contributed by atoms with Gasteiger partial charge in [0.05, 0.1) is 24.8 Å². The first-order chi connectivity index (χ1) is 15.1. The topological polar surface area (TPSA) is 111 Å². The predicted octanol–water partition coefficient (Wildman–Crippen LogP) is 3.92. The van der Waals surface area contributed by atoms with Crippen molar-refractivity contribution in [2.45, 2.75) is 23.6 Å². The summed E-state index contributed by atoms with van der Waals surface area (Å²) in [4.78, 5) is -0.181. The zero-order valence-electron chi connectivity index (χ0n) is 18.0. The van der Waals surface area contributed by atoms with E-state index in [2.05, 4.69) is 9.44 Å². The van der Waals surface area contributed by atoms with Crippen molar-refractivity contribution >= 4 is 31.4 Å². The van der Waals surface area contributed by atoms with Crippen molar-refractivity contribution in [2.24, 2.45) is 0 Å². The zero-order valence-corrected chi connectivity index (χ0v) is 19.7. The average Bonchev–Trinajstić information content (AvgIpc) is 2.74. The van der Waals surface area contributed by atoms with Gasteiger partial charge in [0.2, 0.25) is 0 Å². The van der Waals surface area contributed by atoms with Crippen LogP contribution in [0.2, 0.25) is 0 Å². The van der Waals surface area contributed by atoms with Crippen LogP contribution in [0.5, 0.6) is 11.5 Å². The molecule has 0 radical (unpaired) electrons. The maximum atomic E-state index is 13.0. The van der Waals surface area contributed by atoms with Gasteiger partial charge in [-0.1, -0.05) is 18.2 Å². The van der Waals surface area contributed by atoms with Gasteiger partial charge in [0, 0.05) is 11.8 Å². The smallest absolute Gasteiger partial charge is 0.265 e. The van der Waals surface area contributed by atoms with Gasteiger partial charge in [-0.05, 0) is 61.4 Å². The van der Waals surface area contributed by atoms with Gasteiger partial charge in [-0.2, -0.15) is 0 Å². The third-order valence-corrected chi connectivity index (χ3v) is 7.59. The molecule has 0 aliphatic rings. The van der Waals surface area contributed by atoms with E-state index in [4.69, 9.17) is 9.47 Å². The molecule has 0 heterocycles. The molecule has 3 aromatic carbocycles. The van der Waals surface area contributed by atoms with Crippen molar-refractivity contribution in [2.75, 3.05) is 23.7 Å². The molecule has 8 nitrogen and oxygen atoms in total. The molecule has 10 heteroatoms. The fourth-order valence-electron chi connectivity index (χ4n) is 3.08. The lowest BCUT2D eigenvalue weighted by molar-refractivity contribution is 0.392. The highest BCUT2D eigenvalue weighted by Gasteiger charge is 2.23. The first-order valence-electron chi connectivity index (χ1n) is 9.51. The highest BCUT2D eigenvalue weighted by atomic mass is 32.2. The Balaban J connectivity index is 1.97. The van der Waals surface area contributed by atoms with Gasteiger partial charge in [0.1, 0.15) is 16.4 Å². The maximum absolute atomic E-state index is 13.0. The second-order valence-corrected chi connectivity index (χ2v) is 10.4. The Bertz CT molecular complexity index is 1350. The fraction of sp³-hybridized carbons (Fsp3) is 0.182. The van der Waals surface area contributed by atoms with Crippen molar-refractivity contribution in [3.05, 3.63) is 71.8 Å². The first kappa shape index (κ1) is 23.4. The number of methoxy groups -OCH3 is 2. The molecule has 3 rings (SSSR count). The summed E-state index contributed by atoms with van der Waals surface area (Å²) in [5.74, 6) is 0.458. The largest absolute Gasteiger partial charge is 0.497 e. The molecule has 0 saturated heterocycles. The van der Waals surface area contributed by atoms with Gasteiger partial charge in [-0.3, -0.25) is 9.44 Å². The third-order valence-electron chi connectivity index (χ3n) is 4.66. The SMILES string of the molecule is COc1ccc(OC)c(S(=O)(=O)Nc2ccc(C)c(S(=O)(=O)Nc3cccc(C)c3)c2)c1. The Morgan fingerprint density at radius 3 is 1.97 bits per heavy atom. The van der Waals surface area contributed by atoms with E-state index in [0.29, 0.717) is 17.0 Å². The predicted molar refractivity (Wildman–Crippen MR) is 124 cm³/mol. The fourth-order valence-corrected chi connectivity index (χ4v) is 5.63. The molecule has 0 fully saturated rings. The molecule has 0 atom stereocenters. The molecule has 0 aromatic heterocycles. The van der Waals surface area contributed by atoms with Crippen LogP contribution in [-0.4, -0.2) is 31.1 Å². The number of hydrogen-bond donors (Lipinski definition) is 2. The van der Waals surface area contributed by atoms with E-state index in [9.17, 15) is 16.8 Å². The van der Waals surface area contributed by atoms with Crippen molar-refractivity contribution in [1.29, 1.82) is 0 Å². The molecule has 0 saturated carbocycles. The highest BCUT2D eigenvalue weighted by molar-refractivity contribution is 7.93. The van der Waals surface area contributed by atoms with Crippen LogP contribution in [0, 0.1) is 13.8 Å². The number of benzene rings is 3. The summed E-state index contributed by atoms with van der Waals surface area (Å²) in [6, 6.07) is 15.6. The van der Waals surface area contributed by atoms with Crippen LogP contribution in [-0.2, 0) is 20.0 Å². The van der Waals surface area contributed by atoms with Crippen LogP contribution < -0.4 is 18.9 Å². The minimum Gasteiger partial charge on any atom is -0.497 e. The average molecular weight is 477 g/mol. The van der Waals surface area contributed by atoms with E-state index in [-0.39, 0.29) is 21.2 Å². The molecule has 0 amide bonds. The Morgan fingerprint density at radius 1 is 0.688 bits per heavy atom. The monoisotopic (exact) mass is 476 g/mol. The summed E-state index contributed by atoms with van der Waals surface area (Å²) < 4.78 is 67.2. The molecule has 0 aliphatic carbocycles. The van der Waals surface area contributed by atoms with Gasteiger partial charge in [-0.15, -0.1) is 0 Å². The lowest BCUT2D eigenvalue weighted by Gasteiger charge is -2.15. The van der Waals surface area contributed by atoms with Gasteiger partial charge in [0.15, 0.2) is 0 Å². The number of sulfonamides is 2. The number of nitrogens with one attached hydrogen (secondary N) is 2. The zero-order chi connectivity index (χ0) is 23.5. The summed E-state index contributed by atoms with van der Waals surface area (Å²) in [5, 5.41) is 0. The van der Waals surface area contributed by atoms with Crippen molar-refractivity contribution in [1.82, 2.24) is 0 Å². The second-order valence-electron chi connectivity index (χ2n) is 7.08. The Labute approximate surface area is 188 Å². The van der Waals surface area contributed by atoms with Crippen LogP contribution >= 0.6 is 0 Å². The molecule has 3 aromatic rings. The van der Waals surface area contributed by atoms with Crippen LogP contribution in [0.15, 0.2) is 70.5 Å². The molecular weight excluding hydrogens is 452 g/mol. The van der Waals surface area contributed by atoms with Crippen LogP contribution in [0.4, 0.5) is 11.4 Å². The number of hydrogen-bond acceptors (Lipinski definition) is 6. The lowest BCUT2D eigenvalue weighted by Crippen LogP contribution is -2.17. The summed E-state index contributed by atoms with van der Waals surface area (Å²) >= 11 is 0. The standard InChI is InChI=1S/C22H24N2O6S2/c1-15-6-5-7-17(12-15)23-31(25,26)21-13-18(9-8-16(21)2)24-32(27,28)22-14-19(29-3)10-11-20(22)30-4/h5-14,23-24H,1-4H3. The first-order valence-corrected chi connectivity index (χ1v) is 12.5. The molecule has 0 spiro atoms. The molecule has 0 unspecified atom stereocenters. The van der Waals surface area contributed by atoms with Crippen LogP contribution in [0.1, 0.15) is 11.1 Å². The Morgan fingerprint density at radius 2 is 1.34 bits per heavy atom. The Hall–Kier alpha value is -3.24. The minimum absolute atomic E-state index is 0.0446. The summed E-state index contributed by atoms with van der Waals surface area (Å²) in [7, 11) is -5.28. The third kappa shape index (κ3) is 5.14. The molecule has 2 N–H and O–H groups in total. The van der Waals surface area contributed by atoms with Crippen LogP contribution in [0.25, 0.3) is 0 Å².